The van der Waals surface area contributed by atoms with Crippen LogP contribution < -0.4 is 10.6 Å². The Kier molecular flexibility index (Phi) is 5.63. The molecule has 0 radical (unpaired) electrons. The van der Waals surface area contributed by atoms with Crippen molar-refractivity contribution in [3.63, 3.8) is 0 Å². The zero-order chi connectivity index (χ0) is 14.4. The van der Waals surface area contributed by atoms with Gasteiger partial charge in [-0.15, -0.1) is 0 Å². The zero-order valence-electron chi connectivity index (χ0n) is 10.9. The van der Waals surface area contributed by atoms with Gasteiger partial charge < -0.3 is 15.7 Å². The van der Waals surface area contributed by atoms with Gasteiger partial charge in [0.2, 0.25) is 0 Å². The molecule has 1 rings (SSSR count). The zero-order valence-corrected chi connectivity index (χ0v) is 11.6. The standard InChI is InChI=1S/C13H17ClN2O3/c1-3-8(2)7-15-13(19)16-11-5-4-9(12(17)18)6-10(11)14/h4-6,8H,3,7H2,1-2H3,(H,17,18)(H2,15,16,19). The molecule has 6 heteroatoms. The quantitative estimate of drug-likeness (QED) is 0.777. The van der Waals surface area contributed by atoms with Gasteiger partial charge in [0.25, 0.3) is 0 Å². The molecular formula is C13H17ClN2O3. The lowest BCUT2D eigenvalue weighted by molar-refractivity contribution is 0.0697. The highest BCUT2D eigenvalue weighted by atomic mass is 35.5. The summed E-state index contributed by atoms with van der Waals surface area (Å²) >= 11 is 5.90. The van der Waals surface area contributed by atoms with Gasteiger partial charge in [0.1, 0.15) is 0 Å². The molecule has 0 aliphatic rings. The van der Waals surface area contributed by atoms with Crippen molar-refractivity contribution < 1.29 is 14.7 Å². The minimum absolute atomic E-state index is 0.0792. The first-order valence-corrected chi connectivity index (χ1v) is 6.39. The average Bonchev–Trinajstić information content (AvgIpc) is 2.38. The van der Waals surface area contributed by atoms with Crippen molar-refractivity contribution in [1.82, 2.24) is 5.32 Å². The number of halogens is 1. The molecule has 2 amide bonds. The van der Waals surface area contributed by atoms with E-state index in [0.29, 0.717) is 18.2 Å². The Morgan fingerprint density at radius 3 is 2.63 bits per heavy atom. The fourth-order valence-electron chi connectivity index (χ4n) is 1.33. The number of benzene rings is 1. The summed E-state index contributed by atoms with van der Waals surface area (Å²) in [6.45, 7) is 4.66. The first-order valence-electron chi connectivity index (χ1n) is 6.01. The number of hydrogen-bond acceptors (Lipinski definition) is 2. The van der Waals surface area contributed by atoms with E-state index in [9.17, 15) is 9.59 Å². The molecular weight excluding hydrogens is 268 g/mol. The van der Waals surface area contributed by atoms with Crippen LogP contribution in [0.4, 0.5) is 10.5 Å². The van der Waals surface area contributed by atoms with Crippen molar-refractivity contribution >= 4 is 29.3 Å². The van der Waals surface area contributed by atoms with Crippen molar-refractivity contribution in [2.45, 2.75) is 20.3 Å². The SMILES string of the molecule is CCC(C)CNC(=O)Nc1ccc(C(=O)O)cc1Cl. The van der Waals surface area contributed by atoms with E-state index in [1.165, 1.54) is 18.2 Å². The highest BCUT2D eigenvalue weighted by Crippen LogP contribution is 2.22. The number of carbonyl (C=O) groups is 2. The molecule has 104 valence electrons. The lowest BCUT2D eigenvalue weighted by atomic mass is 10.1. The lowest BCUT2D eigenvalue weighted by Crippen LogP contribution is -2.32. The van der Waals surface area contributed by atoms with Crippen LogP contribution in [0.5, 0.6) is 0 Å². The van der Waals surface area contributed by atoms with Crippen molar-refractivity contribution in [1.29, 1.82) is 0 Å². The summed E-state index contributed by atoms with van der Waals surface area (Å²) in [6.07, 6.45) is 0.981. The number of rotatable bonds is 5. The van der Waals surface area contributed by atoms with Crippen LogP contribution in [0, 0.1) is 5.92 Å². The number of hydrogen-bond donors (Lipinski definition) is 3. The van der Waals surface area contributed by atoms with Crippen molar-refractivity contribution in [2.24, 2.45) is 5.92 Å². The minimum Gasteiger partial charge on any atom is -0.478 e. The molecule has 1 unspecified atom stereocenters. The molecule has 0 spiro atoms. The van der Waals surface area contributed by atoms with E-state index in [4.69, 9.17) is 16.7 Å². The van der Waals surface area contributed by atoms with E-state index in [-0.39, 0.29) is 16.6 Å². The van der Waals surface area contributed by atoms with Gasteiger partial charge >= 0.3 is 12.0 Å². The third-order valence-electron chi connectivity index (χ3n) is 2.77. The number of carboxylic acids is 1. The Balaban J connectivity index is 2.62. The van der Waals surface area contributed by atoms with Crippen LogP contribution in [0.25, 0.3) is 0 Å². The summed E-state index contributed by atoms with van der Waals surface area (Å²) < 4.78 is 0. The molecule has 0 heterocycles. The molecule has 3 N–H and O–H groups in total. The van der Waals surface area contributed by atoms with Crippen LogP contribution in [0.2, 0.25) is 5.02 Å². The number of amides is 2. The summed E-state index contributed by atoms with van der Waals surface area (Å²) in [7, 11) is 0. The molecule has 1 atom stereocenters. The molecule has 0 bridgehead atoms. The lowest BCUT2D eigenvalue weighted by Gasteiger charge is -2.12. The number of urea groups is 1. The molecule has 1 aromatic carbocycles. The van der Waals surface area contributed by atoms with Crippen LogP contribution >= 0.6 is 11.6 Å². The van der Waals surface area contributed by atoms with Crippen LogP contribution in [0.3, 0.4) is 0 Å². The smallest absolute Gasteiger partial charge is 0.335 e. The molecule has 1 aromatic rings. The molecule has 5 nitrogen and oxygen atoms in total. The number of carbonyl (C=O) groups excluding carboxylic acids is 1. The molecule has 0 saturated carbocycles. The van der Waals surface area contributed by atoms with E-state index in [2.05, 4.69) is 10.6 Å². The molecule has 0 aliphatic heterocycles. The predicted molar refractivity (Wildman–Crippen MR) is 74.9 cm³/mol. The van der Waals surface area contributed by atoms with Gasteiger partial charge in [0.15, 0.2) is 0 Å². The average molecular weight is 285 g/mol. The second-order valence-corrected chi connectivity index (χ2v) is 4.76. The van der Waals surface area contributed by atoms with Crippen LogP contribution in [0.15, 0.2) is 18.2 Å². The van der Waals surface area contributed by atoms with Crippen LogP contribution in [-0.2, 0) is 0 Å². The van der Waals surface area contributed by atoms with E-state index in [1.807, 2.05) is 13.8 Å². The Hall–Kier alpha value is -1.75. The van der Waals surface area contributed by atoms with Gasteiger partial charge in [-0.1, -0.05) is 31.9 Å². The van der Waals surface area contributed by atoms with E-state index in [1.54, 1.807) is 0 Å². The summed E-state index contributed by atoms with van der Waals surface area (Å²) in [5.74, 6) is -0.662. The fourth-order valence-corrected chi connectivity index (χ4v) is 1.56. The third kappa shape index (κ3) is 4.79. The Labute approximate surface area is 117 Å². The maximum absolute atomic E-state index is 11.6. The Morgan fingerprint density at radius 1 is 1.42 bits per heavy atom. The molecule has 0 saturated heterocycles. The van der Waals surface area contributed by atoms with Gasteiger partial charge in [-0.2, -0.15) is 0 Å². The van der Waals surface area contributed by atoms with Crippen LogP contribution in [-0.4, -0.2) is 23.7 Å². The second-order valence-electron chi connectivity index (χ2n) is 4.35. The largest absolute Gasteiger partial charge is 0.478 e. The summed E-state index contributed by atoms with van der Waals surface area (Å²) in [4.78, 5) is 22.3. The molecule has 0 aliphatic carbocycles. The second kappa shape index (κ2) is 6.99. The van der Waals surface area contributed by atoms with Gasteiger partial charge in [-0.05, 0) is 24.1 Å². The third-order valence-corrected chi connectivity index (χ3v) is 3.08. The maximum Gasteiger partial charge on any atom is 0.335 e. The van der Waals surface area contributed by atoms with Gasteiger partial charge in [-0.25, -0.2) is 9.59 Å². The number of carboxylic acid groups (broad SMARTS) is 1. The summed E-state index contributed by atoms with van der Waals surface area (Å²) in [5.41, 5.74) is 0.462. The molecule has 19 heavy (non-hydrogen) atoms. The van der Waals surface area contributed by atoms with E-state index >= 15 is 0 Å². The summed E-state index contributed by atoms with van der Waals surface area (Å²) in [6, 6.07) is 3.80. The topological polar surface area (TPSA) is 78.4 Å². The van der Waals surface area contributed by atoms with Crippen molar-refractivity contribution in [3.05, 3.63) is 28.8 Å². The molecule has 0 aromatic heterocycles. The number of anilines is 1. The first-order chi connectivity index (χ1) is 8.93. The monoisotopic (exact) mass is 284 g/mol. The fraction of sp³-hybridized carbons (Fsp3) is 0.385. The molecule has 0 fully saturated rings. The number of aromatic carboxylic acids is 1. The van der Waals surface area contributed by atoms with Gasteiger partial charge in [0.05, 0.1) is 16.3 Å². The Bertz CT molecular complexity index is 477. The van der Waals surface area contributed by atoms with E-state index < -0.39 is 5.97 Å². The maximum atomic E-state index is 11.6. The first kappa shape index (κ1) is 15.3. The Morgan fingerprint density at radius 2 is 2.11 bits per heavy atom. The van der Waals surface area contributed by atoms with Crippen molar-refractivity contribution in [2.75, 3.05) is 11.9 Å². The normalized spacial score (nSPS) is 11.7. The predicted octanol–water partition coefficient (Wildman–Crippen LogP) is 3.21. The number of nitrogens with one attached hydrogen (secondary N) is 2. The van der Waals surface area contributed by atoms with Gasteiger partial charge in [-0.3, -0.25) is 0 Å². The van der Waals surface area contributed by atoms with Crippen molar-refractivity contribution in [3.8, 4) is 0 Å². The summed E-state index contributed by atoms with van der Waals surface area (Å²) in [5, 5.41) is 14.3. The highest BCUT2D eigenvalue weighted by molar-refractivity contribution is 6.34. The van der Waals surface area contributed by atoms with Crippen LogP contribution in [0.1, 0.15) is 30.6 Å². The highest BCUT2D eigenvalue weighted by Gasteiger charge is 2.09. The van der Waals surface area contributed by atoms with E-state index in [0.717, 1.165) is 6.42 Å². The van der Waals surface area contributed by atoms with Gasteiger partial charge in [0, 0.05) is 6.54 Å². The minimum atomic E-state index is -1.06.